The average Bonchev–Trinajstić information content (AvgIpc) is 2.54. The van der Waals surface area contributed by atoms with Gasteiger partial charge in [0, 0.05) is 24.0 Å². The van der Waals surface area contributed by atoms with Crippen molar-refractivity contribution in [2.24, 2.45) is 0 Å². The Labute approximate surface area is 129 Å². The van der Waals surface area contributed by atoms with Crippen LogP contribution in [0.1, 0.15) is 15.9 Å². The number of anilines is 2. The number of aryl methyl sites for hydroxylation is 1. The highest BCUT2D eigenvalue weighted by molar-refractivity contribution is 5.96. The zero-order valence-electron chi connectivity index (χ0n) is 12.6. The van der Waals surface area contributed by atoms with Crippen LogP contribution in [0.2, 0.25) is 0 Å². The van der Waals surface area contributed by atoms with Gasteiger partial charge in [-0.2, -0.15) is 0 Å². The van der Waals surface area contributed by atoms with Crippen LogP contribution < -0.4 is 16.0 Å². The van der Waals surface area contributed by atoms with Gasteiger partial charge in [0.15, 0.2) is 0 Å². The van der Waals surface area contributed by atoms with Gasteiger partial charge in [0.05, 0.1) is 6.54 Å². The molecule has 5 nitrogen and oxygen atoms in total. The van der Waals surface area contributed by atoms with Crippen LogP contribution in [0.25, 0.3) is 0 Å². The monoisotopic (exact) mass is 297 g/mol. The van der Waals surface area contributed by atoms with Gasteiger partial charge < -0.3 is 16.0 Å². The summed E-state index contributed by atoms with van der Waals surface area (Å²) < 4.78 is 0. The van der Waals surface area contributed by atoms with Crippen LogP contribution in [0.15, 0.2) is 48.5 Å². The van der Waals surface area contributed by atoms with Gasteiger partial charge in [0.1, 0.15) is 0 Å². The van der Waals surface area contributed by atoms with Crippen molar-refractivity contribution in [3.63, 3.8) is 0 Å². The van der Waals surface area contributed by atoms with E-state index in [-0.39, 0.29) is 18.4 Å². The second-order valence-corrected chi connectivity index (χ2v) is 4.93. The lowest BCUT2D eigenvalue weighted by Gasteiger charge is -2.09. The summed E-state index contributed by atoms with van der Waals surface area (Å²) in [7, 11) is 1.58. The lowest BCUT2D eigenvalue weighted by atomic mass is 10.2. The molecule has 3 N–H and O–H groups in total. The highest BCUT2D eigenvalue weighted by Gasteiger charge is 2.05. The third kappa shape index (κ3) is 4.34. The fourth-order valence-electron chi connectivity index (χ4n) is 1.94. The molecule has 0 bridgehead atoms. The molecule has 114 valence electrons. The van der Waals surface area contributed by atoms with Crippen molar-refractivity contribution in [2.45, 2.75) is 6.92 Å². The Bertz CT molecular complexity index is 666. The first-order valence-corrected chi connectivity index (χ1v) is 7.01. The topological polar surface area (TPSA) is 70.2 Å². The number of carbonyl (C=O) groups is 2. The lowest BCUT2D eigenvalue weighted by Crippen LogP contribution is -2.22. The third-order valence-electron chi connectivity index (χ3n) is 3.14. The van der Waals surface area contributed by atoms with Crippen molar-refractivity contribution in [1.29, 1.82) is 0 Å². The Morgan fingerprint density at radius 3 is 2.41 bits per heavy atom. The minimum atomic E-state index is -0.159. The highest BCUT2D eigenvalue weighted by Crippen LogP contribution is 2.11. The summed E-state index contributed by atoms with van der Waals surface area (Å²) in [5.41, 5.74) is 3.17. The SMILES string of the molecule is CNC(=O)c1cccc(NCC(=O)Nc2ccc(C)cc2)c1. The first-order valence-electron chi connectivity index (χ1n) is 7.01. The van der Waals surface area contributed by atoms with Crippen molar-refractivity contribution in [3.8, 4) is 0 Å². The first-order chi connectivity index (χ1) is 10.6. The van der Waals surface area contributed by atoms with Gasteiger partial charge >= 0.3 is 0 Å². The molecule has 0 heterocycles. The minimum absolute atomic E-state index is 0.130. The molecule has 0 aliphatic heterocycles. The number of nitrogens with one attached hydrogen (secondary N) is 3. The third-order valence-corrected chi connectivity index (χ3v) is 3.14. The molecule has 0 fully saturated rings. The summed E-state index contributed by atoms with van der Waals surface area (Å²) in [6, 6.07) is 14.6. The van der Waals surface area contributed by atoms with E-state index in [1.807, 2.05) is 37.3 Å². The van der Waals surface area contributed by atoms with Crippen LogP contribution in [-0.2, 0) is 4.79 Å². The van der Waals surface area contributed by atoms with E-state index < -0.39 is 0 Å². The molecule has 0 unspecified atom stereocenters. The Balaban J connectivity index is 1.91. The van der Waals surface area contributed by atoms with E-state index in [0.717, 1.165) is 16.9 Å². The number of benzene rings is 2. The van der Waals surface area contributed by atoms with Crippen molar-refractivity contribution >= 4 is 23.2 Å². The Hall–Kier alpha value is -2.82. The highest BCUT2D eigenvalue weighted by atomic mass is 16.2. The summed E-state index contributed by atoms with van der Waals surface area (Å²) in [4.78, 5) is 23.4. The fraction of sp³-hybridized carbons (Fsp3) is 0.176. The minimum Gasteiger partial charge on any atom is -0.376 e. The van der Waals surface area contributed by atoms with Crippen LogP contribution in [-0.4, -0.2) is 25.4 Å². The maximum Gasteiger partial charge on any atom is 0.251 e. The van der Waals surface area contributed by atoms with Crippen LogP contribution in [0, 0.1) is 6.92 Å². The second kappa shape index (κ2) is 7.26. The predicted molar refractivity (Wildman–Crippen MR) is 88.1 cm³/mol. The van der Waals surface area contributed by atoms with Gasteiger partial charge in [-0.1, -0.05) is 23.8 Å². The zero-order chi connectivity index (χ0) is 15.9. The standard InChI is InChI=1S/C17H19N3O2/c1-12-6-8-14(9-7-12)20-16(21)11-19-15-5-3-4-13(10-15)17(22)18-2/h3-10,19H,11H2,1-2H3,(H,18,22)(H,20,21). The summed E-state index contributed by atoms with van der Waals surface area (Å²) >= 11 is 0. The molecule has 0 saturated heterocycles. The maximum atomic E-state index is 11.9. The molecule has 0 atom stereocenters. The van der Waals surface area contributed by atoms with Crippen molar-refractivity contribution in [2.75, 3.05) is 24.2 Å². The maximum absolute atomic E-state index is 11.9. The predicted octanol–water partition coefficient (Wildman–Crippen LogP) is 2.41. The molecular weight excluding hydrogens is 278 g/mol. The second-order valence-electron chi connectivity index (χ2n) is 4.93. The molecule has 5 heteroatoms. The molecule has 2 aromatic carbocycles. The van der Waals surface area contributed by atoms with E-state index in [1.165, 1.54) is 0 Å². The van der Waals surface area contributed by atoms with Crippen molar-refractivity contribution in [3.05, 3.63) is 59.7 Å². The summed E-state index contributed by atoms with van der Waals surface area (Å²) in [5, 5.41) is 8.38. The van der Waals surface area contributed by atoms with Gasteiger partial charge in [-0.05, 0) is 37.3 Å². The summed E-state index contributed by atoms with van der Waals surface area (Å²) in [6.45, 7) is 2.12. The van der Waals surface area contributed by atoms with Crippen LogP contribution in [0.4, 0.5) is 11.4 Å². The Morgan fingerprint density at radius 2 is 1.73 bits per heavy atom. The van der Waals surface area contributed by atoms with Crippen LogP contribution in [0.5, 0.6) is 0 Å². The van der Waals surface area contributed by atoms with Gasteiger partial charge in [-0.15, -0.1) is 0 Å². The number of amides is 2. The van der Waals surface area contributed by atoms with Crippen LogP contribution >= 0.6 is 0 Å². The largest absolute Gasteiger partial charge is 0.376 e. The molecule has 0 aromatic heterocycles. The number of hydrogen-bond acceptors (Lipinski definition) is 3. The summed E-state index contributed by atoms with van der Waals surface area (Å²) in [6.07, 6.45) is 0. The molecule has 2 rings (SSSR count). The first kappa shape index (κ1) is 15.6. The van der Waals surface area contributed by atoms with Crippen molar-refractivity contribution < 1.29 is 9.59 Å². The zero-order valence-corrected chi connectivity index (χ0v) is 12.6. The molecule has 0 aliphatic rings. The molecule has 0 saturated carbocycles. The van der Waals surface area contributed by atoms with E-state index in [2.05, 4.69) is 16.0 Å². The van der Waals surface area contributed by atoms with Crippen molar-refractivity contribution in [1.82, 2.24) is 5.32 Å². The molecular formula is C17H19N3O2. The van der Waals surface area contributed by atoms with E-state index >= 15 is 0 Å². The van der Waals surface area contributed by atoms with Crippen LogP contribution in [0.3, 0.4) is 0 Å². The lowest BCUT2D eigenvalue weighted by molar-refractivity contribution is -0.114. The van der Waals surface area contributed by atoms with Gasteiger partial charge in [0.25, 0.3) is 5.91 Å². The molecule has 0 radical (unpaired) electrons. The smallest absolute Gasteiger partial charge is 0.251 e. The van der Waals surface area contributed by atoms with E-state index in [9.17, 15) is 9.59 Å². The number of hydrogen-bond donors (Lipinski definition) is 3. The number of rotatable bonds is 5. The summed E-state index contributed by atoms with van der Waals surface area (Å²) in [5.74, 6) is -0.304. The molecule has 0 aliphatic carbocycles. The van der Waals surface area contributed by atoms with Gasteiger partial charge in [0.2, 0.25) is 5.91 Å². The van der Waals surface area contributed by atoms with Gasteiger partial charge in [-0.3, -0.25) is 9.59 Å². The Kier molecular flexibility index (Phi) is 5.14. The van der Waals surface area contributed by atoms with E-state index in [0.29, 0.717) is 5.56 Å². The molecule has 22 heavy (non-hydrogen) atoms. The van der Waals surface area contributed by atoms with Gasteiger partial charge in [-0.25, -0.2) is 0 Å². The van der Waals surface area contributed by atoms with E-state index in [4.69, 9.17) is 0 Å². The number of carbonyl (C=O) groups excluding carboxylic acids is 2. The average molecular weight is 297 g/mol. The molecule has 0 spiro atoms. The molecule has 2 amide bonds. The fourth-order valence-corrected chi connectivity index (χ4v) is 1.94. The van der Waals surface area contributed by atoms with E-state index in [1.54, 1.807) is 25.2 Å². The normalized spacial score (nSPS) is 9.91. The Morgan fingerprint density at radius 1 is 1.00 bits per heavy atom. The quantitative estimate of drug-likeness (QED) is 0.793. The molecule has 2 aromatic rings.